The Kier molecular flexibility index (Phi) is 8.76. The number of hydrogen-bond acceptors (Lipinski definition) is 8. The number of ether oxygens (including phenoxy) is 1. The summed E-state index contributed by atoms with van der Waals surface area (Å²) in [5, 5.41) is 10.9. The molecule has 4 aromatic heterocycles. The molecule has 0 aromatic carbocycles. The van der Waals surface area contributed by atoms with E-state index in [0.29, 0.717) is 35.1 Å². The summed E-state index contributed by atoms with van der Waals surface area (Å²) in [6.45, 7) is 11.2. The summed E-state index contributed by atoms with van der Waals surface area (Å²) >= 11 is 0. The first-order valence-corrected chi connectivity index (χ1v) is 12.7. The summed E-state index contributed by atoms with van der Waals surface area (Å²) < 4.78 is 7.53. The molecule has 2 atom stereocenters. The lowest BCUT2D eigenvalue weighted by Crippen LogP contribution is -2.47. The third-order valence-corrected chi connectivity index (χ3v) is 5.81. The minimum atomic E-state index is -0.194. The highest BCUT2D eigenvalue weighted by molar-refractivity contribution is 6.00. The second kappa shape index (κ2) is 12.4. The molecule has 2 unspecified atom stereocenters. The molecule has 10 nitrogen and oxygen atoms in total. The normalized spacial score (nSPS) is 17.6. The van der Waals surface area contributed by atoms with Crippen molar-refractivity contribution >= 4 is 22.9 Å². The number of aromatic nitrogens is 5. The predicted molar refractivity (Wildman–Crippen MR) is 144 cm³/mol. The van der Waals surface area contributed by atoms with Crippen LogP contribution in [0, 0.1) is 0 Å². The van der Waals surface area contributed by atoms with Crippen LogP contribution in [-0.2, 0) is 4.74 Å². The van der Waals surface area contributed by atoms with Gasteiger partial charge in [0, 0.05) is 51.0 Å². The molecule has 4 aromatic rings. The van der Waals surface area contributed by atoms with E-state index in [1.54, 1.807) is 29.2 Å². The Morgan fingerprint density at radius 1 is 1.08 bits per heavy atom. The zero-order valence-corrected chi connectivity index (χ0v) is 21.8. The predicted octanol–water partition coefficient (Wildman–Crippen LogP) is 3.80. The van der Waals surface area contributed by atoms with Gasteiger partial charge in [0.2, 0.25) is 5.82 Å². The van der Waals surface area contributed by atoms with Crippen molar-refractivity contribution in [2.24, 2.45) is 0 Å². The number of morpholine rings is 1. The number of nitrogens with zero attached hydrogens (tertiary/aromatic N) is 6. The van der Waals surface area contributed by atoms with E-state index in [-0.39, 0.29) is 18.1 Å². The highest BCUT2D eigenvalue weighted by Crippen LogP contribution is 2.25. The van der Waals surface area contributed by atoms with Crippen molar-refractivity contribution in [1.82, 2.24) is 34.8 Å². The molecule has 37 heavy (non-hydrogen) atoms. The van der Waals surface area contributed by atoms with Crippen LogP contribution in [0.1, 0.15) is 38.1 Å². The summed E-state index contributed by atoms with van der Waals surface area (Å²) in [4.78, 5) is 28.6. The molecule has 0 aliphatic carbocycles. The first kappa shape index (κ1) is 26.2. The van der Waals surface area contributed by atoms with E-state index in [1.165, 1.54) is 0 Å². The van der Waals surface area contributed by atoms with Crippen LogP contribution in [0.3, 0.4) is 0 Å². The zero-order chi connectivity index (χ0) is 26.2. The van der Waals surface area contributed by atoms with Crippen LogP contribution in [-0.4, -0.2) is 73.8 Å². The van der Waals surface area contributed by atoms with Crippen LogP contribution in [0.15, 0.2) is 61.2 Å². The summed E-state index contributed by atoms with van der Waals surface area (Å²) in [5.74, 6) is 0.855. The monoisotopic (exact) mass is 502 g/mol. The number of nitrogens with one attached hydrogen (secondary N) is 2. The molecule has 2 N–H and O–H groups in total. The molecule has 1 aliphatic heterocycles. The van der Waals surface area contributed by atoms with Crippen molar-refractivity contribution in [3.63, 3.8) is 0 Å². The molecule has 1 fully saturated rings. The Labute approximate surface area is 217 Å². The first-order valence-electron chi connectivity index (χ1n) is 12.7. The molecule has 5 rings (SSSR count). The third-order valence-electron chi connectivity index (χ3n) is 5.81. The van der Waals surface area contributed by atoms with Gasteiger partial charge in [-0.1, -0.05) is 19.9 Å². The lowest BCUT2D eigenvalue weighted by molar-refractivity contribution is -0.0672. The number of rotatable bonds is 7. The average molecular weight is 503 g/mol. The first-order chi connectivity index (χ1) is 18.1. The summed E-state index contributed by atoms with van der Waals surface area (Å²) in [5.41, 5.74) is 2.49. The lowest BCUT2D eigenvalue weighted by Gasteiger charge is -2.35. The molecule has 0 bridgehead atoms. The van der Waals surface area contributed by atoms with Crippen LogP contribution >= 0.6 is 0 Å². The van der Waals surface area contributed by atoms with Gasteiger partial charge in [-0.3, -0.25) is 19.7 Å². The number of anilines is 2. The fraction of sp³-hybridized carbons (Fsp3) is 0.370. The largest absolute Gasteiger partial charge is 0.373 e. The van der Waals surface area contributed by atoms with Crippen molar-refractivity contribution in [1.29, 1.82) is 0 Å². The van der Waals surface area contributed by atoms with E-state index >= 15 is 0 Å². The van der Waals surface area contributed by atoms with Gasteiger partial charge in [-0.25, -0.2) is 9.50 Å². The SMILES string of the molecule is CC.CC1CN(CCNC(=O)c2cnccc2Nc2nc(-c3ccccn3)nn3cccc23)CC(C)O1. The molecule has 1 aliphatic rings. The van der Waals surface area contributed by atoms with Gasteiger partial charge in [-0.2, -0.15) is 0 Å². The Bertz CT molecular complexity index is 1300. The maximum atomic E-state index is 13.0. The van der Waals surface area contributed by atoms with Crippen LogP contribution in [0.25, 0.3) is 17.0 Å². The Hall–Kier alpha value is -3.89. The number of amides is 1. The van der Waals surface area contributed by atoms with Crippen molar-refractivity contribution in [2.45, 2.75) is 39.9 Å². The van der Waals surface area contributed by atoms with Crippen molar-refractivity contribution in [3.8, 4) is 11.5 Å². The second-order valence-electron chi connectivity index (χ2n) is 8.66. The molecule has 10 heteroatoms. The van der Waals surface area contributed by atoms with E-state index in [0.717, 1.165) is 25.2 Å². The molecule has 5 heterocycles. The van der Waals surface area contributed by atoms with Crippen molar-refractivity contribution < 1.29 is 9.53 Å². The minimum Gasteiger partial charge on any atom is -0.373 e. The number of carbonyl (C=O) groups excluding carboxylic acids is 1. The molecule has 1 saturated heterocycles. The highest BCUT2D eigenvalue weighted by Gasteiger charge is 2.22. The van der Waals surface area contributed by atoms with Gasteiger partial charge in [0.05, 0.1) is 23.5 Å². The zero-order valence-electron chi connectivity index (χ0n) is 21.8. The fourth-order valence-corrected chi connectivity index (χ4v) is 4.33. The van der Waals surface area contributed by atoms with Gasteiger partial charge in [-0.15, -0.1) is 5.10 Å². The van der Waals surface area contributed by atoms with Crippen LogP contribution in [0.4, 0.5) is 11.5 Å². The quantitative estimate of drug-likeness (QED) is 0.393. The van der Waals surface area contributed by atoms with Crippen molar-refractivity contribution in [2.75, 3.05) is 31.5 Å². The van der Waals surface area contributed by atoms with Gasteiger partial charge in [0.25, 0.3) is 5.91 Å². The molecule has 1 amide bonds. The molecular weight excluding hydrogens is 468 g/mol. The molecular formula is C27H34N8O2. The summed E-state index contributed by atoms with van der Waals surface area (Å²) in [6.07, 6.45) is 7.15. The Morgan fingerprint density at radius 2 is 1.89 bits per heavy atom. The number of pyridine rings is 2. The maximum absolute atomic E-state index is 13.0. The van der Waals surface area contributed by atoms with Crippen LogP contribution < -0.4 is 10.6 Å². The van der Waals surface area contributed by atoms with E-state index in [1.807, 2.05) is 50.4 Å². The number of fused-ring (bicyclic) bond motifs is 1. The minimum absolute atomic E-state index is 0.193. The lowest BCUT2D eigenvalue weighted by atomic mass is 10.2. The Balaban J connectivity index is 0.00000156. The van der Waals surface area contributed by atoms with E-state index in [4.69, 9.17) is 9.72 Å². The highest BCUT2D eigenvalue weighted by atomic mass is 16.5. The topological polar surface area (TPSA) is 110 Å². The molecule has 0 radical (unpaired) electrons. The van der Waals surface area contributed by atoms with Gasteiger partial charge in [0.1, 0.15) is 11.2 Å². The standard InChI is InChI=1S/C25H28N8O2.C2H6/c1-17-15-32(16-18(2)35-17)13-11-28-25(34)19-14-26-10-8-20(19)29-24-22-7-5-12-33(22)31-23(30-24)21-6-3-4-9-27-21;1-2/h3-10,12,14,17-18H,11,13,15-16H2,1-2H3,(H,28,34)(H,26,29,30,31);1-2H3. The van der Waals surface area contributed by atoms with Gasteiger partial charge < -0.3 is 15.4 Å². The van der Waals surface area contributed by atoms with Gasteiger partial charge >= 0.3 is 0 Å². The number of carbonyl (C=O) groups is 1. The average Bonchev–Trinajstić information content (AvgIpc) is 3.39. The molecule has 0 spiro atoms. The van der Waals surface area contributed by atoms with Crippen LogP contribution in [0.5, 0.6) is 0 Å². The van der Waals surface area contributed by atoms with Crippen LogP contribution in [0.2, 0.25) is 0 Å². The summed E-state index contributed by atoms with van der Waals surface area (Å²) in [6, 6.07) is 11.2. The van der Waals surface area contributed by atoms with E-state index in [2.05, 4.69) is 44.4 Å². The second-order valence-corrected chi connectivity index (χ2v) is 8.66. The van der Waals surface area contributed by atoms with E-state index in [9.17, 15) is 4.79 Å². The maximum Gasteiger partial charge on any atom is 0.255 e. The summed E-state index contributed by atoms with van der Waals surface area (Å²) in [7, 11) is 0. The smallest absolute Gasteiger partial charge is 0.255 e. The van der Waals surface area contributed by atoms with E-state index < -0.39 is 0 Å². The molecule has 194 valence electrons. The third kappa shape index (κ3) is 6.46. The van der Waals surface area contributed by atoms with Gasteiger partial charge in [-0.05, 0) is 44.2 Å². The van der Waals surface area contributed by atoms with Gasteiger partial charge in [0.15, 0.2) is 5.82 Å². The fourth-order valence-electron chi connectivity index (χ4n) is 4.33. The Morgan fingerprint density at radius 3 is 2.65 bits per heavy atom. The number of hydrogen-bond donors (Lipinski definition) is 2. The van der Waals surface area contributed by atoms with Crippen molar-refractivity contribution in [3.05, 3.63) is 66.7 Å². The molecule has 0 saturated carbocycles.